The molecule has 0 aliphatic rings. The SMILES string of the molecule is CCc1ccc(OC)c(-c2cc(C)no2)c1. The van der Waals surface area contributed by atoms with E-state index >= 15 is 0 Å². The van der Waals surface area contributed by atoms with Gasteiger partial charge in [-0.2, -0.15) is 0 Å². The molecule has 0 atom stereocenters. The van der Waals surface area contributed by atoms with Crippen LogP contribution in [0.1, 0.15) is 18.2 Å². The van der Waals surface area contributed by atoms with Crippen molar-refractivity contribution in [1.82, 2.24) is 5.16 Å². The Bertz CT molecular complexity index is 488. The Morgan fingerprint density at radius 3 is 2.69 bits per heavy atom. The zero-order chi connectivity index (χ0) is 11.5. The molecule has 3 nitrogen and oxygen atoms in total. The Hall–Kier alpha value is -1.77. The number of nitrogens with zero attached hydrogens (tertiary/aromatic N) is 1. The third-order valence-electron chi connectivity index (χ3n) is 2.57. The number of rotatable bonds is 3. The van der Waals surface area contributed by atoms with Crippen LogP contribution in [0.15, 0.2) is 28.8 Å². The average Bonchev–Trinajstić information content (AvgIpc) is 2.75. The lowest BCUT2D eigenvalue weighted by atomic mass is 10.1. The molecule has 3 heteroatoms. The number of benzene rings is 1. The summed E-state index contributed by atoms with van der Waals surface area (Å²) in [5, 5.41) is 3.89. The van der Waals surface area contributed by atoms with Gasteiger partial charge in [-0.3, -0.25) is 0 Å². The first kappa shape index (κ1) is 10.7. The molecule has 2 rings (SSSR count). The lowest BCUT2D eigenvalue weighted by Gasteiger charge is -2.07. The Labute approximate surface area is 95.0 Å². The molecule has 0 saturated heterocycles. The molecule has 1 aromatic carbocycles. The topological polar surface area (TPSA) is 35.3 Å². The molecular formula is C13H15NO2. The van der Waals surface area contributed by atoms with E-state index in [1.807, 2.05) is 19.1 Å². The zero-order valence-electron chi connectivity index (χ0n) is 9.78. The average molecular weight is 217 g/mol. The molecule has 0 unspecified atom stereocenters. The van der Waals surface area contributed by atoms with Gasteiger partial charge in [-0.15, -0.1) is 0 Å². The van der Waals surface area contributed by atoms with Crippen LogP contribution in [-0.4, -0.2) is 12.3 Å². The Kier molecular flexibility index (Phi) is 2.95. The van der Waals surface area contributed by atoms with Crippen LogP contribution in [0.4, 0.5) is 0 Å². The molecule has 0 spiro atoms. The Balaban J connectivity index is 2.52. The number of aromatic nitrogens is 1. The first-order chi connectivity index (χ1) is 7.74. The van der Waals surface area contributed by atoms with Crippen molar-refractivity contribution in [2.45, 2.75) is 20.3 Å². The van der Waals surface area contributed by atoms with Gasteiger partial charge >= 0.3 is 0 Å². The second kappa shape index (κ2) is 4.39. The minimum Gasteiger partial charge on any atom is -0.496 e. The van der Waals surface area contributed by atoms with Crippen LogP contribution in [-0.2, 0) is 6.42 Å². The molecule has 0 aliphatic carbocycles. The third kappa shape index (κ3) is 1.94. The fourth-order valence-electron chi connectivity index (χ4n) is 1.66. The van der Waals surface area contributed by atoms with Gasteiger partial charge in [-0.05, 0) is 31.0 Å². The Morgan fingerprint density at radius 2 is 2.12 bits per heavy atom. The number of ether oxygens (including phenoxy) is 1. The largest absolute Gasteiger partial charge is 0.496 e. The maximum atomic E-state index is 5.32. The highest BCUT2D eigenvalue weighted by Gasteiger charge is 2.11. The van der Waals surface area contributed by atoms with Crippen molar-refractivity contribution in [3.63, 3.8) is 0 Å². The molecule has 0 N–H and O–H groups in total. The molecular weight excluding hydrogens is 202 g/mol. The summed E-state index contributed by atoms with van der Waals surface area (Å²) in [6, 6.07) is 8.02. The molecule has 0 saturated carbocycles. The molecule has 0 radical (unpaired) electrons. The van der Waals surface area contributed by atoms with Crippen molar-refractivity contribution in [2.24, 2.45) is 0 Å². The summed E-state index contributed by atoms with van der Waals surface area (Å²) in [5.74, 6) is 1.57. The number of methoxy groups -OCH3 is 1. The molecule has 16 heavy (non-hydrogen) atoms. The van der Waals surface area contributed by atoms with Crippen molar-refractivity contribution in [3.8, 4) is 17.1 Å². The Morgan fingerprint density at radius 1 is 1.31 bits per heavy atom. The van der Waals surface area contributed by atoms with Crippen molar-refractivity contribution in [1.29, 1.82) is 0 Å². The summed E-state index contributed by atoms with van der Waals surface area (Å²) >= 11 is 0. The van der Waals surface area contributed by atoms with Gasteiger partial charge in [0.15, 0.2) is 5.76 Å². The van der Waals surface area contributed by atoms with Gasteiger partial charge in [0.1, 0.15) is 5.75 Å². The van der Waals surface area contributed by atoms with Gasteiger partial charge in [0.05, 0.1) is 18.4 Å². The first-order valence-corrected chi connectivity index (χ1v) is 5.35. The zero-order valence-corrected chi connectivity index (χ0v) is 9.78. The van der Waals surface area contributed by atoms with Crippen LogP contribution >= 0.6 is 0 Å². The van der Waals surface area contributed by atoms with E-state index in [-0.39, 0.29) is 0 Å². The molecule has 0 fully saturated rings. The number of aryl methyl sites for hydroxylation is 2. The summed E-state index contributed by atoms with van der Waals surface area (Å²) in [7, 11) is 1.66. The molecule has 0 aliphatic heterocycles. The van der Waals surface area contributed by atoms with Crippen molar-refractivity contribution in [2.75, 3.05) is 7.11 Å². The van der Waals surface area contributed by atoms with Gasteiger partial charge in [-0.25, -0.2) is 0 Å². The maximum Gasteiger partial charge on any atom is 0.170 e. The van der Waals surface area contributed by atoms with Gasteiger partial charge in [0.25, 0.3) is 0 Å². The van der Waals surface area contributed by atoms with Crippen LogP contribution in [0.5, 0.6) is 5.75 Å². The summed E-state index contributed by atoms with van der Waals surface area (Å²) in [4.78, 5) is 0. The van der Waals surface area contributed by atoms with E-state index in [9.17, 15) is 0 Å². The van der Waals surface area contributed by atoms with E-state index in [0.717, 1.165) is 29.2 Å². The third-order valence-corrected chi connectivity index (χ3v) is 2.57. The van der Waals surface area contributed by atoms with E-state index < -0.39 is 0 Å². The van der Waals surface area contributed by atoms with E-state index in [1.54, 1.807) is 7.11 Å². The maximum absolute atomic E-state index is 5.32. The summed E-state index contributed by atoms with van der Waals surface area (Å²) in [6.45, 7) is 4.03. The predicted octanol–water partition coefficient (Wildman–Crippen LogP) is 3.22. The van der Waals surface area contributed by atoms with Crippen LogP contribution in [0.3, 0.4) is 0 Å². The smallest absolute Gasteiger partial charge is 0.170 e. The van der Waals surface area contributed by atoms with Gasteiger partial charge in [-0.1, -0.05) is 18.1 Å². The quantitative estimate of drug-likeness (QED) is 0.791. The first-order valence-electron chi connectivity index (χ1n) is 5.35. The molecule has 0 bridgehead atoms. The van der Waals surface area contributed by atoms with Gasteiger partial charge in [0, 0.05) is 6.07 Å². The highest BCUT2D eigenvalue weighted by molar-refractivity contribution is 5.66. The minimum absolute atomic E-state index is 0.754. The molecule has 84 valence electrons. The van der Waals surface area contributed by atoms with Crippen LogP contribution < -0.4 is 4.74 Å². The number of hydrogen-bond donors (Lipinski definition) is 0. The highest BCUT2D eigenvalue weighted by Crippen LogP contribution is 2.31. The monoisotopic (exact) mass is 217 g/mol. The molecule has 2 aromatic rings. The fourth-order valence-corrected chi connectivity index (χ4v) is 1.66. The van der Waals surface area contributed by atoms with Crippen LogP contribution in [0, 0.1) is 6.92 Å². The minimum atomic E-state index is 0.754. The summed E-state index contributed by atoms with van der Waals surface area (Å²) in [6.07, 6.45) is 0.990. The van der Waals surface area contributed by atoms with Crippen molar-refractivity contribution < 1.29 is 9.26 Å². The molecule has 1 heterocycles. The standard InChI is InChI=1S/C13H15NO2/c1-4-10-5-6-12(15-3)11(8-10)13-7-9(2)14-16-13/h5-8H,4H2,1-3H3. The van der Waals surface area contributed by atoms with Crippen LogP contribution in [0.2, 0.25) is 0 Å². The second-order valence-corrected chi connectivity index (χ2v) is 3.72. The normalized spacial score (nSPS) is 10.4. The molecule has 1 aromatic heterocycles. The lowest BCUT2D eigenvalue weighted by molar-refractivity contribution is 0.404. The van der Waals surface area contributed by atoms with Gasteiger partial charge < -0.3 is 9.26 Å². The number of hydrogen-bond acceptors (Lipinski definition) is 3. The summed E-state index contributed by atoms with van der Waals surface area (Å²) in [5.41, 5.74) is 3.09. The fraction of sp³-hybridized carbons (Fsp3) is 0.308. The van der Waals surface area contributed by atoms with E-state index in [4.69, 9.17) is 9.26 Å². The van der Waals surface area contributed by atoms with E-state index in [1.165, 1.54) is 5.56 Å². The second-order valence-electron chi connectivity index (χ2n) is 3.72. The van der Waals surface area contributed by atoms with Crippen LogP contribution in [0.25, 0.3) is 11.3 Å². The van der Waals surface area contributed by atoms with Crippen molar-refractivity contribution in [3.05, 3.63) is 35.5 Å². The highest BCUT2D eigenvalue weighted by atomic mass is 16.5. The van der Waals surface area contributed by atoms with E-state index in [0.29, 0.717) is 0 Å². The molecule has 0 amide bonds. The van der Waals surface area contributed by atoms with Gasteiger partial charge in [0.2, 0.25) is 0 Å². The lowest BCUT2D eigenvalue weighted by Crippen LogP contribution is -1.89. The van der Waals surface area contributed by atoms with Crippen molar-refractivity contribution >= 4 is 0 Å². The van der Waals surface area contributed by atoms with E-state index in [2.05, 4.69) is 24.2 Å². The predicted molar refractivity (Wildman–Crippen MR) is 62.6 cm³/mol. The summed E-state index contributed by atoms with van der Waals surface area (Å²) < 4.78 is 10.6.